The molecule has 0 saturated heterocycles. The summed E-state index contributed by atoms with van der Waals surface area (Å²) in [6.45, 7) is 1.95. The topological polar surface area (TPSA) is 101 Å². The third kappa shape index (κ3) is 3.76. The Morgan fingerprint density at radius 2 is 2.06 bits per heavy atom. The number of aliphatic imine (C=N–C) groups is 1. The van der Waals surface area contributed by atoms with E-state index in [-0.39, 0.29) is 12.4 Å². The van der Waals surface area contributed by atoms with E-state index in [1.807, 2.05) is 48.5 Å². The highest BCUT2D eigenvalue weighted by atomic mass is 79.9. The summed E-state index contributed by atoms with van der Waals surface area (Å²) in [7, 11) is 1.56. The fourth-order valence-electron chi connectivity index (χ4n) is 3.67. The summed E-state index contributed by atoms with van der Waals surface area (Å²) in [5.74, 6) is 0.290. The second kappa shape index (κ2) is 9.10. The third-order valence-electron chi connectivity index (χ3n) is 5.02. The predicted molar refractivity (Wildman–Crippen MR) is 127 cm³/mol. The summed E-state index contributed by atoms with van der Waals surface area (Å²) in [4.78, 5) is 20.1. The van der Waals surface area contributed by atoms with Crippen LogP contribution in [0.5, 0.6) is 5.75 Å². The van der Waals surface area contributed by atoms with E-state index in [2.05, 4.69) is 22.0 Å². The zero-order valence-electron chi connectivity index (χ0n) is 17.3. The molecule has 2 aliphatic rings. The van der Waals surface area contributed by atoms with Crippen LogP contribution in [0.25, 0.3) is 5.70 Å². The first-order valence-corrected chi connectivity index (χ1v) is 11.4. The zero-order valence-corrected chi connectivity index (χ0v) is 19.7. The highest BCUT2D eigenvalue weighted by Crippen LogP contribution is 2.49. The molecule has 2 heterocycles. The van der Waals surface area contributed by atoms with Gasteiger partial charge in [-0.15, -0.1) is 0 Å². The maximum Gasteiger partial charge on any atom is 0.338 e. The van der Waals surface area contributed by atoms with Gasteiger partial charge in [0.2, 0.25) is 0 Å². The van der Waals surface area contributed by atoms with Gasteiger partial charge < -0.3 is 15.2 Å². The molecule has 0 aliphatic carbocycles. The Kier molecular flexibility index (Phi) is 6.26. The van der Waals surface area contributed by atoms with E-state index in [0.29, 0.717) is 32.7 Å². The first-order chi connectivity index (χ1) is 15.5. The van der Waals surface area contributed by atoms with Gasteiger partial charge in [0, 0.05) is 15.6 Å². The molecule has 7 nitrogen and oxygen atoms in total. The number of carbonyl (C=O) groups excluding carboxylic acids is 1. The molecule has 4 rings (SSSR count). The number of rotatable bonds is 5. The van der Waals surface area contributed by atoms with Crippen molar-refractivity contribution in [2.45, 2.75) is 13.0 Å². The lowest BCUT2D eigenvalue weighted by Crippen LogP contribution is -2.39. The first-order valence-electron chi connectivity index (χ1n) is 9.75. The summed E-state index contributed by atoms with van der Waals surface area (Å²) in [5.41, 5.74) is 8.61. The van der Waals surface area contributed by atoms with Gasteiger partial charge in [0.05, 0.1) is 25.0 Å². The van der Waals surface area contributed by atoms with E-state index in [4.69, 9.17) is 20.2 Å². The smallest absolute Gasteiger partial charge is 0.338 e. The number of nitriles is 1. The van der Waals surface area contributed by atoms with Gasteiger partial charge in [-0.3, -0.25) is 4.90 Å². The van der Waals surface area contributed by atoms with Crippen molar-refractivity contribution in [2.75, 3.05) is 13.7 Å². The molecule has 2 aromatic carbocycles. The van der Waals surface area contributed by atoms with E-state index in [9.17, 15) is 10.1 Å². The number of hydrogen-bond acceptors (Lipinski definition) is 8. The average molecular weight is 511 g/mol. The van der Waals surface area contributed by atoms with Crippen LogP contribution < -0.4 is 10.5 Å². The fourth-order valence-corrected chi connectivity index (χ4v) is 4.92. The van der Waals surface area contributed by atoms with Crippen molar-refractivity contribution in [3.8, 4) is 11.8 Å². The van der Waals surface area contributed by atoms with Crippen molar-refractivity contribution in [1.82, 2.24) is 4.90 Å². The Labute approximate surface area is 198 Å². The molecule has 1 atom stereocenters. The van der Waals surface area contributed by atoms with Gasteiger partial charge in [-0.05, 0) is 36.9 Å². The van der Waals surface area contributed by atoms with Crippen molar-refractivity contribution in [2.24, 2.45) is 10.7 Å². The fraction of sp³-hybridized carbons (Fsp3) is 0.174. The van der Waals surface area contributed by atoms with E-state index in [0.717, 1.165) is 10.0 Å². The van der Waals surface area contributed by atoms with Crippen LogP contribution in [0.4, 0.5) is 0 Å². The largest absolute Gasteiger partial charge is 0.496 e. The van der Waals surface area contributed by atoms with Crippen LogP contribution in [0.15, 0.2) is 74.3 Å². The number of benzene rings is 2. The summed E-state index contributed by atoms with van der Waals surface area (Å²) in [5, 5.41) is 10.1. The van der Waals surface area contributed by atoms with Crippen LogP contribution in [0.1, 0.15) is 24.1 Å². The lowest BCUT2D eigenvalue weighted by atomic mass is 9.91. The van der Waals surface area contributed by atoms with Gasteiger partial charge in [-0.2, -0.15) is 5.26 Å². The summed E-state index contributed by atoms with van der Waals surface area (Å²) >= 11 is 4.69. The Morgan fingerprint density at radius 1 is 1.31 bits per heavy atom. The van der Waals surface area contributed by atoms with Crippen molar-refractivity contribution in [3.63, 3.8) is 0 Å². The van der Waals surface area contributed by atoms with Crippen LogP contribution in [0, 0.1) is 11.3 Å². The number of allylic oxidation sites excluding steroid dienone is 1. The number of hydrogen-bond donors (Lipinski definition) is 1. The molecule has 2 aliphatic heterocycles. The third-order valence-corrected chi connectivity index (χ3v) is 6.48. The first kappa shape index (κ1) is 22.0. The molecule has 0 aromatic heterocycles. The molecular weight excluding hydrogens is 492 g/mol. The van der Waals surface area contributed by atoms with Gasteiger partial charge >= 0.3 is 5.97 Å². The minimum absolute atomic E-state index is 0.201. The van der Waals surface area contributed by atoms with E-state index >= 15 is 0 Å². The molecule has 0 unspecified atom stereocenters. The monoisotopic (exact) mass is 510 g/mol. The Hall–Kier alpha value is -3.22. The van der Waals surface area contributed by atoms with Crippen LogP contribution in [-0.2, 0) is 9.53 Å². The number of nitrogens with zero attached hydrogens (tertiary/aromatic N) is 3. The van der Waals surface area contributed by atoms with Crippen molar-refractivity contribution in [3.05, 3.63) is 80.4 Å². The van der Waals surface area contributed by atoms with Crippen molar-refractivity contribution >= 4 is 44.5 Å². The molecule has 0 saturated carbocycles. The molecule has 9 heteroatoms. The van der Waals surface area contributed by atoms with Gasteiger partial charge in [0.1, 0.15) is 28.6 Å². The number of amidine groups is 1. The summed E-state index contributed by atoms with van der Waals surface area (Å²) in [6, 6.07) is 16.4. The second-order valence-corrected chi connectivity index (χ2v) is 8.72. The Bertz CT molecular complexity index is 1220. The number of methoxy groups -OCH3 is 1. The number of fused-ring (bicyclic) bond motifs is 1. The molecule has 0 radical (unpaired) electrons. The van der Waals surface area contributed by atoms with E-state index in [1.165, 1.54) is 11.8 Å². The standard InChI is InChI=1S/C23H19BrN4O3S/c1-3-31-22(29)18-19(13-7-5-4-6-8-13)27-23-28(21(26)17(12-25)32-23)20(18)15-11-14(24)9-10-16(15)30-2/h4-11,20H,3,26H2,1-2H3/t20-/m0/s1. The van der Waals surface area contributed by atoms with Crippen LogP contribution >= 0.6 is 27.7 Å². The predicted octanol–water partition coefficient (Wildman–Crippen LogP) is 4.54. The minimum atomic E-state index is -0.706. The maximum atomic E-state index is 13.3. The van der Waals surface area contributed by atoms with Crippen molar-refractivity contribution in [1.29, 1.82) is 5.26 Å². The molecule has 0 fully saturated rings. The summed E-state index contributed by atoms with van der Waals surface area (Å²) < 4.78 is 11.9. The average Bonchev–Trinajstić information content (AvgIpc) is 3.13. The molecule has 162 valence electrons. The lowest BCUT2D eigenvalue weighted by Gasteiger charge is -2.36. The molecule has 32 heavy (non-hydrogen) atoms. The number of thioether (sulfide) groups is 1. The Balaban J connectivity index is 2.06. The van der Waals surface area contributed by atoms with E-state index < -0.39 is 12.0 Å². The second-order valence-electron chi connectivity index (χ2n) is 6.83. The highest BCUT2D eigenvalue weighted by molar-refractivity contribution is 9.10. The van der Waals surface area contributed by atoms with E-state index in [1.54, 1.807) is 18.9 Å². The SMILES string of the molecule is CCOC(=O)C1=C(c2ccccc2)N=C2SC(C#N)=C(N)N2[C@H]1c1cc(Br)ccc1OC. The highest BCUT2D eigenvalue weighted by Gasteiger charge is 2.44. The normalized spacial score (nSPS) is 17.6. The van der Waals surface area contributed by atoms with Crippen LogP contribution in [-0.4, -0.2) is 29.8 Å². The summed E-state index contributed by atoms with van der Waals surface area (Å²) in [6.07, 6.45) is 0. The van der Waals surface area contributed by atoms with Gasteiger partial charge in [0.25, 0.3) is 0 Å². The number of carbonyl (C=O) groups is 1. The van der Waals surface area contributed by atoms with Gasteiger partial charge in [-0.25, -0.2) is 9.79 Å². The lowest BCUT2D eigenvalue weighted by molar-refractivity contribution is -0.139. The molecule has 2 aromatic rings. The zero-order chi connectivity index (χ0) is 22.8. The molecule has 0 amide bonds. The quantitative estimate of drug-likeness (QED) is 0.588. The van der Waals surface area contributed by atoms with Crippen LogP contribution in [0.2, 0.25) is 0 Å². The number of ether oxygens (including phenoxy) is 2. The maximum absolute atomic E-state index is 13.3. The number of halogens is 1. The van der Waals surface area contributed by atoms with Gasteiger partial charge in [0.15, 0.2) is 5.17 Å². The van der Waals surface area contributed by atoms with Crippen molar-refractivity contribution < 1.29 is 14.3 Å². The molecule has 0 spiro atoms. The molecule has 2 N–H and O–H groups in total. The van der Waals surface area contributed by atoms with Gasteiger partial charge in [-0.1, -0.05) is 46.3 Å². The Morgan fingerprint density at radius 3 is 2.72 bits per heavy atom. The van der Waals surface area contributed by atoms with Crippen LogP contribution in [0.3, 0.4) is 0 Å². The molecule has 0 bridgehead atoms. The minimum Gasteiger partial charge on any atom is -0.496 e. The number of esters is 1. The number of nitrogens with two attached hydrogens (primary N) is 1. The molecular formula is C23H19BrN4O3S.